The molecule has 4 aromatic heterocycles. The molecule has 0 N–H and O–H groups in total. The Kier molecular flexibility index (Phi) is 6.41. The topological polar surface area (TPSA) is 27.9 Å². The summed E-state index contributed by atoms with van der Waals surface area (Å²) in [6.07, 6.45) is 0. The van der Waals surface area contributed by atoms with Crippen molar-refractivity contribution < 1.29 is 4.42 Å². The van der Waals surface area contributed by atoms with Crippen LogP contribution in [-0.4, -0.2) is 13.7 Å². The average Bonchev–Trinajstić information content (AvgIpc) is 4.02. The van der Waals surface area contributed by atoms with Crippen LogP contribution in [0.2, 0.25) is 0 Å². The highest BCUT2D eigenvalue weighted by Crippen LogP contribution is 2.40. The smallest absolute Gasteiger partial charge is 0.136 e. The second-order valence-electron chi connectivity index (χ2n) is 15.3. The number of hydrogen-bond acceptors (Lipinski definition) is 1. The Morgan fingerprint density at radius 1 is 0.241 bits per heavy atom. The van der Waals surface area contributed by atoms with E-state index >= 15 is 0 Å². The van der Waals surface area contributed by atoms with Gasteiger partial charge in [0.2, 0.25) is 0 Å². The molecule has 4 nitrogen and oxygen atoms in total. The molecule has 0 aliphatic rings. The van der Waals surface area contributed by atoms with E-state index in [-0.39, 0.29) is 0 Å². The average molecular weight is 740 g/mol. The minimum absolute atomic E-state index is 0.911. The maximum atomic E-state index is 6.34. The standard InChI is InChI=1S/C54H33N3O/c1-7-19-47-39(13-1)40-14-2-8-20-48(40)56(47)37-29-35(30-38(31-37)57-49-21-9-3-15-41(49)42-16-4-10-22-50(42)57)34-25-27-36(28-26-34)55-51-23-11-5-17-43(51)45-33-54-46(32-52(45)55)44-18-6-12-24-53(44)58-54/h1-33H. The zero-order valence-electron chi connectivity index (χ0n) is 31.3. The molecule has 0 unspecified atom stereocenters. The normalized spacial score (nSPS) is 12.1. The number of para-hydroxylation sites is 6. The summed E-state index contributed by atoms with van der Waals surface area (Å²) in [7, 11) is 0. The lowest BCUT2D eigenvalue weighted by atomic mass is 10.0. The molecule has 0 amide bonds. The number of nitrogens with zero attached hydrogens (tertiary/aromatic N) is 3. The van der Waals surface area contributed by atoms with Crippen LogP contribution in [0.5, 0.6) is 0 Å². The molecule has 58 heavy (non-hydrogen) atoms. The van der Waals surface area contributed by atoms with Crippen LogP contribution >= 0.6 is 0 Å². The summed E-state index contributed by atoms with van der Waals surface area (Å²) in [5.74, 6) is 0. The van der Waals surface area contributed by atoms with Crippen LogP contribution < -0.4 is 0 Å². The van der Waals surface area contributed by atoms with Crippen LogP contribution in [-0.2, 0) is 0 Å². The van der Waals surface area contributed by atoms with E-state index in [4.69, 9.17) is 4.42 Å². The second-order valence-corrected chi connectivity index (χ2v) is 15.3. The van der Waals surface area contributed by atoms with Crippen molar-refractivity contribution in [2.45, 2.75) is 0 Å². The molecule has 0 bridgehead atoms. The molecule has 0 atom stereocenters. The van der Waals surface area contributed by atoms with Gasteiger partial charge in [0.15, 0.2) is 0 Å². The highest BCUT2D eigenvalue weighted by atomic mass is 16.3. The third kappa shape index (κ3) is 4.40. The first-order valence-corrected chi connectivity index (χ1v) is 19.8. The van der Waals surface area contributed by atoms with Gasteiger partial charge < -0.3 is 18.1 Å². The predicted octanol–water partition coefficient (Wildman–Crippen LogP) is 14.5. The maximum absolute atomic E-state index is 6.34. The first kappa shape index (κ1) is 31.4. The number of hydrogen-bond donors (Lipinski definition) is 0. The Hall–Kier alpha value is -7.82. The van der Waals surface area contributed by atoms with Crippen LogP contribution in [0.1, 0.15) is 0 Å². The quantitative estimate of drug-likeness (QED) is 0.177. The lowest BCUT2D eigenvalue weighted by molar-refractivity contribution is 0.669. The molecule has 0 fully saturated rings. The van der Waals surface area contributed by atoms with E-state index in [1.807, 2.05) is 12.1 Å². The van der Waals surface area contributed by atoms with E-state index < -0.39 is 0 Å². The van der Waals surface area contributed by atoms with Gasteiger partial charge >= 0.3 is 0 Å². The van der Waals surface area contributed by atoms with Crippen molar-refractivity contribution >= 4 is 87.4 Å². The highest BCUT2D eigenvalue weighted by molar-refractivity contribution is 6.17. The van der Waals surface area contributed by atoms with Gasteiger partial charge in [0.05, 0.1) is 33.1 Å². The molecule has 270 valence electrons. The second kappa shape index (κ2) is 11.8. The van der Waals surface area contributed by atoms with Gasteiger partial charge in [-0.05, 0) is 90.0 Å². The van der Waals surface area contributed by atoms with Crippen molar-refractivity contribution in [2.24, 2.45) is 0 Å². The lowest BCUT2D eigenvalue weighted by Crippen LogP contribution is -2.00. The summed E-state index contributed by atoms with van der Waals surface area (Å²) in [5, 5.41) is 9.64. The van der Waals surface area contributed by atoms with Crippen LogP contribution in [0.3, 0.4) is 0 Å². The summed E-state index contributed by atoms with van der Waals surface area (Å²) in [6, 6.07) is 72.7. The molecule has 0 saturated heterocycles. The Morgan fingerprint density at radius 2 is 0.655 bits per heavy atom. The van der Waals surface area contributed by atoms with E-state index in [0.29, 0.717) is 0 Å². The van der Waals surface area contributed by atoms with Crippen molar-refractivity contribution in [3.63, 3.8) is 0 Å². The molecule has 0 aliphatic carbocycles. The molecule has 0 spiro atoms. The van der Waals surface area contributed by atoms with Gasteiger partial charge in [-0.3, -0.25) is 0 Å². The van der Waals surface area contributed by atoms with Gasteiger partial charge in [0.1, 0.15) is 11.2 Å². The van der Waals surface area contributed by atoms with Gasteiger partial charge in [-0.25, -0.2) is 0 Å². The fourth-order valence-corrected chi connectivity index (χ4v) is 9.69. The van der Waals surface area contributed by atoms with E-state index in [0.717, 1.165) is 55.6 Å². The minimum atomic E-state index is 0.911. The number of benzene rings is 9. The Labute approximate surface area is 332 Å². The Bertz CT molecular complexity index is 3560. The van der Waals surface area contributed by atoms with E-state index in [2.05, 4.69) is 202 Å². The van der Waals surface area contributed by atoms with Gasteiger partial charge in [-0.2, -0.15) is 0 Å². The summed E-state index contributed by atoms with van der Waals surface area (Å²) < 4.78 is 13.6. The number of aromatic nitrogens is 3. The van der Waals surface area contributed by atoms with Crippen LogP contribution in [0, 0.1) is 0 Å². The molecular formula is C54H33N3O. The van der Waals surface area contributed by atoms with Crippen LogP contribution in [0.4, 0.5) is 0 Å². The molecular weight excluding hydrogens is 707 g/mol. The number of rotatable bonds is 4. The van der Waals surface area contributed by atoms with Gasteiger partial charge in [-0.1, -0.05) is 121 Å². The van der Waals surface area contributed by atoms with Crippen molar-refractivity contribution in [2.75, 3.05) is 0 Å². The number of furan rings is 1. The fourth-order valence-electron chi connectivity index (χ4n) is 9.69. The first-order valence-electron chi connectivity index (χ1n) is 19.8. The van der Waals surface area contributed by atoms with Crippen molar-refractivity contribution in [3.05, 3.63) is 200 Å². The van der Waals surface area contributed by atoms with Gasteiger partial charge in [0.25, 0.3) is 0 Å². The predicted molar refractivity (Wildman–Crippen MR) is 242 cm³/mol. The van der Waals surface area contributed by atoms with Crippen molar-refractivity contribution in [1.29, 1.82) is 0 Å². The SMILES string of the molecule is c1ccc2c(c1)oc1cc3c4ccccc4n(-c4ccc(-c5cc(-n6c7ccccc7c7ccccc76)cc(-n6c7ccccc7c7ccccc76)c5)cc4)c3cc12. The van der Waals surface area contributed by atoms with Crippen LogP contribution in [0.15, 0.2) is 205 Å². The lowest BCUT2D eigenvalue weighted by Gasteiger charge is -2.16. The van der Waals surface area contributed by atoms with Gasteiger partial charge in [-0.15, -0.1) is 0 Å². The molecule has 4 heteroatoms. The Morgan fingerprint density at radius 3 is 1.16 bits per heavy atom. The summed E-state index contributed by atoms with van der Waals surface area (Å²) in [6.45, 7) is 0. The summed E-state index contributed by atoms with van der Waals surface area (Å²) in [4.78, 5) is 0. The maximum Gasteiger partial charge on any atom is 0.136 e. The summed E-state index contributed by atoms with van der Waals surface area (Å²) in [5.41, 5.74) is 14.6. The zero-order valence-corrected chi connectivity index (χ0v) is 31.3. The number of fused-ring (bicyclic) bond motifs is 12. The van der Waals surface area contributed by atoms with Crippen molar-refractivity contribution in [3.8, 4) is 28.2 Å². The van der Waals surface area contributed by atoms with E-state index in [9.17, 15) is 0 Å². The minimum Gasteiger partial charge on any atom is -0.456 e. The molecule has 13 aromatic rings. The molecule has 9 aromatic carbocycles. The van der Waals surface area contributed by atoms with Crippen molar-refractivity contribution in [1.82, 2.24) is 13.7 Å². The van der Waals surface area contributed by atoms with Crippen LogP contribution in [0.25, 0.3) is 116 Å². The molecule has 13 rings (SSSR count). The first-order chi connectivity index (χ1) is 28.8. The van der Waals surface area contributed by atoms with E-state index in [1.54, 1.807) is 0 Å². The molecule has 0 saturated carbocycles. The monoisotopic (exact) mass is 739 g/mol. The third-order valence-corrected chi connectivity index (χ3v) is 12.2. The zero-order chi connectivity index (χ0) is 37.9. The van der Waals surface area contributed by atoms with E-state index in [1.165, 1.54) is 59.9 Å². The molecule has 0 radical (unpaired) electrons. The largest absolute Gasteiger partial charge is 0.456 e. The molecule has 4 heterocycles. The highest BCUT2D eigenvalue weighted by Gasteiger charge is 2.19. The van der Waals surface area contributed by atoms with Gasteiger partial charge in [0, 0.05) is 60.2 Å². The summed E-state index contributed by atoms with van der Waals surface area (Å²) >= 11 is 0. The third-order valence-electron chi connectivity index (χ3n) is 12.2. The molecule has 0 aliphatic heterocycles. The fraction of sp³-hybridized carbons (Fsp3) is 0. The Balaban J connectivity index is 1.05.